The van der Waals surface area contributed by atoms with E-state index in [1.807, 2.05) is 0 Å². The molecule has 112 valence electrons. The van der Waals surface area contributed by atoms with E-state index in [-0.39, 0.29) is 0 Å². The van der Waals surface area contributed by atoms with Crippen LogP contribution in [-0.4, -0.2) is 32.3 Å². The van der Waals surface area contributed by atoms with Gasteiger partial charge in [0, 0.05) is 16.7 Å². The third kappa shape index (κ3) is 4.28. The van der Waals surface area contributed by atoms with Gasteiger partial charge < -0.3 is 19.9 Å². The van der Waals surface area contributed by atoms with E-state index in [1.165, 1.54) is 7.11 Å². The lowest BCUT2D eigenvalue weighted by Crippen LogP contribution is -2.26. The van der Waals surface area contributed by atoms with Crippen molar-refractivity contribution < 1.29 is 19.0 Å². The second-order valence-electron chi connectivity index (χ2n) is 4.15. The molecule has 0 amide bonds. The largest absolute Gasteiger partial charge is 0.493 e. The molecule has 2 N–H and O–H groups in total. The van der Waals surface area contributed by atoms with E-state index in [0.29, 0.717) is 36.1 Å². The summed E-state index contributed by atoms with van der Waals surface area (Å²) in [6.45, 7) is 4.11. The Morgan fingerprint density at radius 3 is 2.70 bits per heavy atom. The predicted molar refractivity (Wildman–Crippen MR) is 77.5 cm³/mol. The van der Waals surface area contributed by atoms with Crippen molar-refractivity contribution in [2.45, 2.75) is 26.4 Å². The highest BCUT2D eigenvalue weighted by molar-refractivity contribution is 6.30. The highest BCUT2D eigenvalue weighted by Crippen LogP contribution is 2.35. The van der Waals surface area contributed by atoms with Crippen molar-refractivity contribution in [1.82, 2.24) is 0 Å². The van der Waals surface area contributed by atoms with Crippen LogP contribution in [0.4, 0.5) is 0 Å². The molecule has 6 heteroatoms. The van der Waals surface area contributed by atoms with Crippen LogP contribution in [0.1, 0.15) is 19.4 Å². The molecule has 0 radical (unpaired) electrons. The maximum absolute atomic E-state index is 11.6. The summed E-state index contributed by atoms with van der Waals surface area (Å²) >= 11 is 6.02. The van der Waals surface area contributed by atoms with E-state index in [1.54, 1.807) is 26.0 Å². The van der Waals surface area contributed by atoms with Crippen molar-refractivity contribution in [3.8, 4) is 11.5 Å². The smallest absolute Gasteiger partial charge is 0.347 e. The third-order valence-corrected chi connectivity index (χ3v) is 2.86. The monoisotopic (exact) mass is 301 g/mol. The molecule has 0 saturated carbocycles. The first-order valence-electron chi connectivity index (χ1n) is 6.43. The van der Waals surface area contributed by atoms with Gasteiger partial charge in [-0.25, -0.2) is 4.79 Å². The van der Waals surface area contributed by atoms with Gasteiger partial charge in [-0.15, -0.1) is 0 Å². The molecule has 0 fully saturated rings. The van der Waals surface area contributed by atoms with E-state index in [9.17, 15) is 4.79 Å². The lowest BCUT2D eigenvalue weighted by atomic mass is 10.1. The number of hydrogen-bond donors (Lipinski definition) is 1. The Hall–Kier alpha value is -1.46. The summed E-state index contributed by atoms with van der Waals surface area (Å²) in [5.74, 6) is 0.517. The van der Waals surface area contributed by atoms with Crippen LogP contribution in [0.5, 0.6) is 11.5 Å². The molecular formula is C14H20ClNO4. The number of carbonyl (C=O) groups is 1. The first-order chi connectivity index (χ1) is 9.53. The molecule has 1 unspecified atom stereocenters. The van der Waals surface area contributed by atoms with Gasteiger partial charge in [-0.05, 0) is 32.9 Å². The Kier molecular flexibility index (Phi) is 6.61. The predicted octanol–water partition coefficient (Wildman–Crippen LogP) is 2.18. The molecule has 0 aliphatic carbocycles. The lowest BCUT2D eigenvalue weighted by molar-refractivity contribution is -0.150. The number of benzene rings is 1. The topological polar surface area (TPSA) is 70.8 Å². The summed E-state index contributed by atoms with van der Waals surface area (Å²) in [6, 6.07) is 3.39. The van der Waals surface area contributed by atoms with Crippen LogP contribution in [-0.2, 0) is 16.0 Å². The lowest BCUT2D eigenvalue weighted by Gasteiger charge is -2.19. The second kappa shape index (κ2) is 7.97. The molecule has 0 spiro atoms. The highest BCUT2D eigenvalue weighted by atomic mass is 35.5. The number of nitrogens with two attached hydrogens (primary N) is 1. The van der Waals surface area contributed by atoms with Crippen LogP contribution >= 0.6 is 11.6 Å². The molecular weight excluding hydrogens is 282 g/mol. The summed E-state index contributed by atoms with van der Waals surface area (Å²) in [5.41, 5.74) is 6.38. The van der Waals surface area contributed by atoms with Gasteiger partial charge in [-0.3, -0.25) is 0 Å². The highest BCUT2D eigenvalue weighted by Gasteiger charge is 2.20. The van der Waals surface area contributed by atoms with E-state index < -0.39 is 12.1 Å². The Balaban J connectivity index is 3.04. The number of methoxy groups -OCH3 is 1. The number of ether oxygens (including phenoxy) is 3. The minimum atomic E-state index is -0.735. The third-order valence-electron chi connectivity index (χ3n) is 2.64. The second-order valence-corrected chi connectivity index (χ2v) is 4.58. The molecule has 5 nitrogen and oxygen atoms in total. The Morgan fingerprint density at radius 1 is 1.45 bits per heavy atom. The van der Waals surface area contributed by atoms with Crippen LogP contribution in [0.2, 0.25) is 5.02 Å². The van der Waals surface area contributed by atoms with Gasteiger partial charge in [-0.2, -0.15) is 0 Å². The van der Waals surface area contributed by atoms with Crippen LogP contribution in [0.3, 0.4) is 0 Å². The summed E-state index contributed by atoms with van der Waals surface area (Å²) in [7, 11) is 1.51. The molecule has 1 rings (SSSR count). The fourth-order valence-electron chi connectivity index (χ4n) is 1.73. The zero-order valence-electron chi connectivity index (χ0n) is 11.9. The minimum absolute atomic E-state index is 0.305. The maximum atomic E-state index is 11.6. The quantitative estimate of drug-likeness (QED) is 0.782. The van der Waals surface area contributed by atoms with Crippen molar-refractivity contribution in [1.29, 1.82) is 0 Å². The molecule has 0 saturated heterocycles. The number of hydrogen-bond acceptors (Lipinski definition) is 5. The molecule has 1 aromatic rings. The Morgan fingerprint density at radius 2 is 2.15 bits per heavy atom. The van der Waals surface area contributed by atoms with Gasteiger partial charge in [0.05, 0.1) is 13.7 Å². The van der Waals surface area contributed by atoms with Gasteiger partial charge in [0.1, 0.15) is 0 Å². The molecule has 0 bridgehead atoms. The van der Waals surface area contributed by atoms with E-state index in [0.717, 1.165) is 5.56 Å². The SMILES string of the molecule is CCOC(=O)C(C)Oc1c(CCN)cc(Cl)cc1OC. The van der Waals surface area contributed by atoms with Crippen LogP contribution in [0.25, 0.3) is 0 Å². The number of halogens is 1. The van der Waals surface area contributed by atoms with Gasteiger partial charge in [0.15, 0.2) is 17.6 Å². The standard InChI is InChI=1S/C14H20ClNO4/c1-4-19-14(17)9(2)20-13-10(5-6-16)7-11(15)8-12(13)18-3/h7-9H,4-6,16H2,1-3H3. The Labute approximate surface area is 123 Å². The number of esters is 1. The first-order valence-corrected chi connectivity index (χ1v) is 6.81. The molecule has 0 heterocycles. The van der Waals surface area contributed by atoms with Gasteiger partial charge in [0.2, 0.25) is 0 Å². The van der Waals surface area contributed by atoms with Crippen LogP contribution in [0, 0.1) is 0 Å². The van der Waals surface area contributed by atoms with Gasteiger partial charge in [-0.1, -0.05) is 11.6 Å². The molecule has 0 aromatic heterocycles. The molecule has 0 aliphatic rings. The van der Waals surface area contributed by atoms with Crippen molar-refractivity contribution in [3.63, 3.8) is 0 Å². The summed E-state index contributed by atoms with van der Waals surface area (Å²) < 4.78 is 15.8. The molecule has 1 aromatic carbocycles. The Bertz CT molecular complexity index is 465. The normalized spacial score (nSPS) is 11.8. The van der Waals surface area contributed by atoms with Crippen molar-refractivity contribution >= 4 is 17.6 Å². The first kappa shape index (κ1) is 16.6. The molecule has 1 atom stereocenters. The average molecular weight is 302 g/mol. The fraction of sp³-hybridized carbons (Fsp3) is 0.500. The fourth-order valence-corrected chi connectivity index (χ4v) is 1.96. The van der Waals surface area contributed by atoms with Crippen molar-refractivity contribution in [2.75, 3.05) is 20.3 Å². The van der Waals surface area contributed by atoms with Crippen LogP contribution < -0.4 is 15.2 Å². The summed E-state index contributed by atoms with van der Waals surface area (Å²) in [5, 5.41) is 0.529. The van der Waals surface area contributed by atoms with E-state index in [4.69, 9.17) is 31.5 Å². The molecule has 0 aliphatic heterocycles. The van der Waals surface area contributed by atoms with Crippen molar-refractivity contribution in [2.24, 2.45) is 5.73 Å². The average Bonchev–Trinajstić information content (AvgIpc) is 2.41. The zero-order valence-corrected chi connectivity index (χ0v) is 12.7. The van der Waals surface area contributed by atoms with E-state index in [2.05, 4.69) is 0 Å². The summed E-state index contributed by atoms with van der Waals surface area (Å²) in [6.07, 6.45) is -0.163. The summed E-state index contributed by atoms with van der Waals surface area (Å²) in [4.78, 5) is 11.6. The van der Waals surface area contributed by atoms with Gasteiger partial charge >= 0.3 is 5.97 Å². The maximum Gasteiger partial charge on any atom is 0.347 e. The molecule has 20 heavy (non-hydrogen) atoms. The zero-order chi connectivity index (χ0) is 15.1. The minimum Gasteiger partial charge on any atom is -0.493 e. The number of rotatable bonds is 7. The van der Waals surface area contributed by atoms with E-state index >= 15 is 0 Å². The van der Waals surface area contributed by atoms with Crippen molar-refractivity contribution in [3.05, 3.63) is 22.7 Å². The van der Waals surface area contributed by atoms with Crippen LogP contribution in [0.15, 0.2) is 12.1 Å². The number of carbonyl (C=O) groups excluding carboxylic acids is 1. The van der Waals surface area contributed by atoms with Gasteiger partial charge in [0.25, 0.3) is 0 Å².